The maximum atomic E-state index is 11.1. The molecule has 1 aromatic rings. The molecule has 1 aromatic heterocycles. The molecule has 0 aliphatic heterocycles. The van der Waals surface area contributed by atoms with Crippen LogP contribution < -0.4 is 5.73 Å². The van der Waals surface area contributed by atoms with Gasteiger partial charge >= 0.3 is 5.97 Å². The van der Waals surface area contributed by atoms with Gasteiger partial charge in [0.25, 0.3) is 0 Å². The Bertz CT molecular complexity index is 333. The van der Waals surface area contributed by atoms with Crippen molar-refractivity contribution in [1.82, 2.24) is 9.55 Å². The number of nitrogens with zero attached hydrogens (tertiary/aromatic N) is 2. The number of aromatic nitrogens is 2. The molecular weight excluding hydrogens is 194 g/mol. The molecule has 1 heterocycles. The summed E-state index contributed by atoms with van der Waals surface area (Å²) >= 11 is 0. The summed E-state index contributed by atoms with van der Waals surface area (Å²) in [6.07, 6.45) is 3.58. The Morgan fingerprint density at radius 2 is 2.33 bits per heavy atom. The predicted octanol–water partition coefficient (Wildman–Crippen LogP) is 1.03. The van der Waals surface area contributed by atoms with E-state index in [1.165, 1.54) is 7.11 Å². The molecular formula is C10H17N3O2. The highest BCUT2D eigenvalue weighted by molar-refractivity contribution is 5.70. The second-order valence-corrected chi connectivity index (χ2v) is 3.71. The Morgan fingerprint density at radius 3 is 2.87 bits per heavy atom. The summed E-state index contributed by atoms with van der Waals surface area (Å²) < 4.78 is 6.52. The summed E-state index contributed by atoms with van der Waals surface area (Å²) in [4.78, 5) is 15.1. The molecule has 1 rings (SSSR count). The van der Waals surface area contributed by atoms with E-state index in [1.807, 2.05) is 18.4 Å². The topological polar surface area (TPSA) is 70.1 Å². The molecule has 0 saturated heterocycles. The number of methoxy groups -OCH3 is 1. The first-order chi connectivity index (χ1) is 7.06. The van der Waals surface area contributed by atoms with Crippen LogP contribution in [0.3, 0.4) is 0 Å². The molecule has 5 nitrogen and oxygen atoms in total. The van der Waals surface area contributed by atoms with Gasteiger partial charge in [-0.25, -0.2) is 4.98 Å². The fraction of sp³-hybridized carbons (Fsp3) is 0.600. The molecule has 1 unspecified atom stereocenters. The van der Waals surface area contributed by atoms with Crippen LogP contribution in [0, 0.1) is 0 Å². The van der Waals surface area contributed by atoms with Gasteiger partial charge in [-0.2, -0.15) is 0 Å². The zero-order valence-electron chi connectivity index (χ0n) is 9.30. The molecule has 0 aliphatic carbocycles. The first-order valence-corrected chi connectivity index (χ1v) is 4.90. The van der Waals surface area contributed by atoms with Crippen LogP contribution in [0.15, 0.2) is 12.5 Å². The fourth-order valence-electron chi connectivity index (χ4n) is 1.40. The van der Waals surface area contributed by atoms with Crippen molar-refractivity contribution in [3.8, 4) is 0 Å². The Balaban J connectivity index is 2.77. The van der Waals surface area contributed by atoms with Gasteiger partial charge in [0.15, 0.2) is 0 Å². The summed E-state index contributed by atoms with van der Waals surface area (Å²) in [6.45, 7) is 4.08. The second-order valence-electron chi connectivity index (χ2n) is 3.71. The summed E-state index contributed by atoms with van der Waals surface area (Å²) in [7, 11) is 1.36. The highest BCUT2D eigenvalue weighted by Gasteiger charge is 2.16. The second kappa shape index (κ2) is 4.93. The van der Waals surface area contributed by atoms with Crippen molar-refractivity contribution in [1.29, 1.82) is 0 Å². The zero-order valence-corrected chi connectivity index (χ0v) is 9.30. The van der Waals surface area contributed by atoms with Crippen LogP contribution >= 0.6 is 0 Å². The van der Waals surface area contributed by atoms with E-state index in [4.69, 9.17) is 5.73 Å². The van der Waals surface area contributed by atoms with E-state index in [-0.39, 0.29) is 24.5 Å². The first kappa shape index (κ1) is 11.7. The van der Waals surface area contributed by atoms with Gasteiger partial charge in [-0.05, 0) is 13.8 Å². The van der Waals surface area contributed by atoms with Crippen LogP contribution in [0.2, 0.25) is 0 Å². The maximum Gasteiger partial charge on any atom is 0.307 e. The minimum Gasteiger partial charge on any atom is -0.469 e. The number of nitrogens with two attached hydrogens (primary N) is 1. The molecule has 84 valence electrons. The Kier molecular flexibility index (Phi) is 3.85. The van der Waals surface area contributed by atoms with Crippen molar-refractivity contribution in [3.63, 3.8) is 0 Å². The van der Waals surface area contributed by atoms with Crippen LogP contribution in [0.25, 0.3) is 0 Å². The lowest BCUT2D eigenvalue weighted by molar-refractivity contribution is -0.141. The summed E-state index contributed by atoms with van der Waals surface area (Å²) in [5.41, 5.74) is 6.75. The molecule has 0 aromatic carbocycles. The number of ether oxygens (including phenoxy) is 1. The number of hydrogen-bond donors (Lipinski definition) is 1. The summed E-state index contributed by atoms with van der Waals surface area (Å²) in [5.74, 6) is -0.306. The normalized spacial score (nSPS) is 12.9. The highest BCUT2D eigenvalue weighted by Crippen LogP contribution is 2.17. The van der Waals surface area contributed by atoms with Gasteiger partial charge in [-0.1, -0.05) is 0 Å². The van der Waals surface area contributed by atoms with E-state index >= 15 is 0 Å². The monoisotopic (exact) mass is 211 g/mol. The van der Waals surface area contributed by atoms with E-state index in [0.29, 0.717) is 0 Å². The maximum absolute atomic E-state index is 11.1. The third-order valence-electron chi connectivity index (χ3n) is 2.25. The van der Waals surface area contributed by atoms with Gasteiger partial charge in [-0.3, -0.25) is 4.79 Å². The van der Waals surface area contributed by atoms with Crippen molar-refractivity contribution < 1.29 is 9.53 Å². The van der Waals surface area contributed by atoms with Crippen LogP contribution in [0.4, 0.5) is 0 Å². The number of imidazole rings is 1. The lowest BCUT2D eigenvalue weighted by Crippen LogP contribution is -2.20. The van der Waals surface area contributed by atoms with Crippen LogP contribution in [-0.2, 0) is 9.53 Å². The predicted molar refractivity (Wildman–Crippen MR) is 56.2 cm³/mol. The Labute approximate surface area is 89.2 Å². The minimum absolute atomic E-state index is 0.176. The molecule has 0 spiro atoms. The van der Waals surface area contributed by atoms with Crippen LogP contribution in [0.5, 0.6) is 0 Å². The van der Waals surface area contributed by atoms with E-state index in [9.17, 15) is 4.79 Å². The van der Waals surface area contributed by atoms with Crippen molar-refractivity contribution in [2.24, 2.45) is 5.73 Å². The average molecular weight is 211 g/mol. The smallest absolute Gasteiger partial charge is 0.307 e. The van der Waals surface area contributed by atoms with Gasteiger partial charge in [0.2, 0.25) is 0 Å². The molecule has 0 saturated carbocycles. The number of rotatable bonds is 4. The lowest BCUT2D eigenvalue weighted by atomic mass is 10.1. The largest absolute Gasteiger partial charge is 0.469 e. The molecule has 5 heteroatoms. The van der Waals surface area contributed by atoms with E-state index in [1.54, 1.807) is 12.5 Å². The standard InChI is InChI=1S/C10H17N3O2/c1-7(2)13-6-12-5-9(13)8(11)4-10(14)15-3/h5-8H,4,11H2,1-3H3. The molecule has 1 atom stereocenters. The zero-order chi connectivity index (χ0) is 11.4. The van der Waals surface area contributed by atoms with Crippen molar-refractivity contribution in [3.05, 3.63) is 18.2 Å². The van der Waals surface area contributed by atoms with E-state index < -0.39 is 0 Å². The van der Waals surface area contributed by atoms with Crippen molar-refractivity contribution in [2.45, 2.75) is 32.4 Å². The van der Waals surface area contributed by atoms with Gasteiger partial charge in [0.05, 0.1) is 31.6 Å². The number of hydrogen-bond acceptors (Lipinski definition) is 4. The third kappa shape index (κ3) is 2.79. The third-order valence-corrected chi connectivity index (χ3v) is 2.25. The molecule has 0 radical (unpaired) electrons. The van der Waals surface area contributed by atoms with Crippen LogP contribution in [0.1, 0.15) is 38.0 Å². The quantitative estimate of drug-likeness (QED) is 0.755. The minimum atomic E-state index is -0.359. The van der Waals surface area contributed by atoms with Crippen LogP contribution in [-0.4, -0.2) is 22.6 Å². The summed E-state index contributed by atoms with van der Waals surface area (Å²) in [6, 6.07) is -0.0754. The Morgan fingerprint density at radius 1 is 1.67 bits per heavy atom. The van der Waals surface area contributed by atoms with E-state index in [0.717, 1.165) is 5.69 Å². The van der Waals surface area contributed by atoms with Gasteiger partial charge in [-0.15, -0.1) is 0 Å². The Hall–Kier alpha value is -1.36. The molecule has 0 amide bonds. The van der Waals surface area contributed by atoms with Crippen molar-refractivity contribution >= 4 is 5.97 Å². The number of esters is 1. The lowest BCUT2D eigenvalue weighted by Gasteiger charge is -2.16. The molecule has 15 heavy (non-hydrogen) atoms. The molecule has 0 aliphatic rings. The SMILES string of the molecule is COC(=O)CC(N)c1cncn1C(C)C. The van der Waals surface area contributed by atoms with Gasteiger partial charge < -0.3 is 15.0 Å². The van der Waals surface area contributed by atoms with Crippen molar-refractivity contribution in [2.75, 3.05) is 7.11 Å². The van der Waals surface area contributed by atoms with Gasteiger partial charge in [0, 0.05) is 12.2 Å². The van der Waals surface area contributed by atoms with E-state index in [2.05, 4.69) is 9.72 Å². The number of carbonyl (C=O) groups excluding carboxylic acids is 1. The molecule has 2 N–H and O–H groups in total. The molecule has 0 bridgehead atoms. The highest BCUT2D eigenvalue weighted by atomic mass is 16.5. The fourth-order valence-corrected chi connectivity index (χ4v) is 1.40. The molecule has 0 fully saturated rings. The van der Waals surface area contributed by atoms with Gasteiger partial charge in [0.1, 0.15) is 0 Å². The summed E-state index contributed by atoms with van der Waals surface area (Å²) in [5, 5.41) is 0. The average Bonchev–Trinajstić information content (AvgIpc) is 2.65. The first-order valence-electron chi connectivity index (χ1n) is 4.90. The number of carbonyl (C=O) groups is 1.